The molecule has 30 heavy (non-hydrogen) atoms. The van der Waals surface area contributed by atoms with Crippen molar-refractivity contribution in [2.75, 3.05) is 11.9 Å². The second-order valence-corrected chi connectivity index (χ2v) is 8.35. The minimum Gasteiger partial charge on any atom is -0.443 e. The van der Waals surface area contributed by atoms with E-state index in [0.29, 0.717) is 16.6 Å². The molecule has 0 aliphatic heterocycles. The quantitative estimate of drug-likeness (QED) is 0.590. The molecule has 2 aromatic carbocycles. The van der Waals surface area contributed by atoms with Gasteiger partial charge in [0, 0.05) is 19.2 Å². The van der Waals surface area contributed by atoms with Crippen LogP contribution >= 0.6 is 0 Å². The van der Waals surface area contributed by atoms with Gasteiger partial charge in [0.15, 0.2) is 0 Å². The van der Waals surface area contributed by atoms with Crippen LogP contribution in [0.25, 0.3) is 16.6 Å². The van der Waals surface area contributed by atoms with E-state index in [9.17, 15) is 9.59 Å². The zero-order valence-electron chi connectivity index (χ0n) is 18.3. The number of carbonyl (C=O) groups excluding carboxylic acids is 1. The second-order valence-electron chi connectivity index (χ2n) is 8.35. The summed E-state index contributed by atoms with van der Waals surface area (Å²) in [7, 11) is 1.67. The third kappa shape index (κ3) is 4.70. The first-order chi connectivity index (χ1) is 14.2. The zero-order chi connectivity index (χ0) is 21.9. The second kappa shape index (κ2) is 8.69. The molecule has 3 aromatic rings. The van der Waals surface area contributed by atoms with Gasteiger partial charge in [0.05, 0.1) is 16.6 Å². The lowest BCUT2D eigenvalue weighted by atomic mass is 10.2. The maximum atomic E-state index is 13.2. The van der Waals surface area contributed by atoms with E-state index in [1.165, 1.54) is 4.90 Å². The average molecular weight is 408 g/mol. The van der Waals surface area contributed by atoms with Crippen molar-refractivity contribution in [3.63, 3.8) is 0 Å². The molecule has 6 nitrogen and oxygen atoms in total. The zero-order valence-corrected chi connectivity index (χ0v) is 18.3. The summed E-state index contributed by atoms with van der Waals surface area (Å²) in [6, 6.07) is 14.7. The molecule has 0 N–H and O–H groups in total. The molecule has 0 unspecified atom stereocenters. The van der Waals surface area contributed by atoms with Crippen molar-refractivity contribution in [3.8, 4) is 5.69 Å². The molecule has 1 aromatic heterocycles. The summed E-state index contributed by atoms with van der Waals surface area (Å²) >= 11 is 0. The van der Waals surface area contributed by atoms with E-state index < -0.39 is 11.7 Å². The number of rotatable bonds is 5. The van der Waals surface area contributed by atoms with Gasteiger partial charge in [-0.05, 0) is 63.6 Å². The standard InChI is InChI=1S/C24H29N3O3/c1-6-7-12-21-25-20-11-9-8-10-19(20)22(28)27(21)18-15-13-17(14-16-18)26(5)23(29)30-24(2,3)4/h8-11,13-16H,6-7,12H2,1-5H3. The summed E-state index contributed by atoms with van der Waals surface area (Å²) in [5, 5.41) is 0.590. The fraction of sp³-hybridized carbons (Fsp3) is 0.375. The number of hydrogen-bond donors (Lipinski definition) is 0. The Labute approximate surface area is 177 Å². The number of fused-ring (bicyclic) bond motifs is 1. The third-order valence-corrected chi connectivity index (χ3v) is 4.76. The van der Waals surface area contributed by atoms with Crippen molar-refractivity contribution in [1.29, 1.82) is 0 Å². The van der Waals surface area contributed by atoms with Crippen LogP contribution < -0.4 is 10.5 Å². The largest absolute Gasteiger partial charge is 0.443 e. The average Bonchev–Trinajstić information content (AvgIpc) is 2.71. The van der Waals surface area contributed by atoms with Crippen molar-refractivity contribution in [2.45, 2.75) is 52.6 Å². The lowest BCUT2D eigenvalue weighted by Crippen LogP contribution is -2.34. The smallest absolute Gasteiger partial charge is 0.414 e. The van der Waals surface area contributed by atoms with E-state index >= 15 is 0 Å². The first-order valence-electron chi connectivity index (χ1n) is 10.3. The Morgan fingerprint density at radius 2 is 1.77 bits per heavy atom. The first kappa shape index (κ1) is 21.6. The van der Waals surface area contributed by atoms with Crippen LogP contribution in [0.1, 0.15) is 46.4 Å². The number of nitrogens with zero attached hydrogens (tertiary/aromatic N) is 3. The predicted octanol–water partition coefficient (Wildman–Crippen LogP) is 5.10. The maximum absolute atomic E-state index is 13.2. The lowest BCUT2D eigenvalue weighted by Gasteiger charge is -2.25. The summed E-state index contributed by atoms with van der Waals surface area (Å²) in [5.74, 6) is 0.744. The van der Waals surface area contributed by atoms with Gasteiger partial charge in [-0.2, -0.15) is 0 Å². The summed E-state index contributed by atoms with van der Waals surface area (Å²) in [5.41, 5.74) is 1.48. The van der Waals surface area contributed by atoms with Crippen molar-refractivity contribution in [3.05, 3.63) is 64.7 Å². The Balaban J connectivity index is 2.00. The fourth-order valence-corrected chi connectivity index (χ4v) is 3.21. The summed E-state index contributed by atoms with van der Waals surface area (Å²) in [6.45, 7) is 7.61. The Morgan fingerprint density at radius 1 is 1.10 bits per heavy atom. The summed E-state index contributed by atoms with van der Waals surface area (Å²) < 4.78 is 7.10. The number of unbranched alkanes of at least 4 members (excludes halogenated alkanes) is 1. The molecule has 0 fully saturated rings. The number of hydrogen-bond acceptors (Lipinski definition) is 4. The summed E-state index contributed by atoms with van der Waals surface area (Å²) in [6.07, 6.45) is 2.26. The molecule has 0 bridgehead atoms. The van der Waals surface area contributed by atoms with Crippen molar-refractivity contribution >= 4 is 22.7 Å². The highest BCUT2D eigenvalue weighted by Gasteiger charge is 2.21. The van der Waals surface area contributed by atoms with E-state index in [0.717, 1.165) is 30.8 Å². The van der Waals surface area contributed by atoms with Crippen LogP contribution in [0.5, 0.6) is 0 Å². The molecule has 0 atom stereocenters. The Bertz CT molecular complexity index is 1100. The van der Waals surface area contributed by atoms with Gasteiger partial charge in [-0.15, -0.1) is 0 Å². The van der Waals surface area contributed by atoms with Crippen LogP contribution in [-0.2, 0) is 11.2 Å². The van der Waals surface area contributed by atoms with E-state index in [-0.39, 0.29) is 5.56 Å². The van der Waals surface area contributed by atoms with Gasteiger partial charge >= 0.3 is 6.09 Å². The molecule has 0 saturated heterocycles. The number of aryl methyl sites for hydroxylation is 1. The number of aromatic nitrogens is 2. The highest BCUT2D eigenvalue weighted by Crippen LogP contribution is 2.20. The number of anilines is 1. The van der Waals surface area contributed by atoms with Crippen molar-refractivity contribution < 1.29 is 9.53 Å². The molecular formula is C24H29N3O3. The molecule has 0 aliphatic rings. The van der Waals surface area contributed by atoms with Crippen LogP contribution in [0, 0.1) is 0 Å². The molecular weight excluding hydrogens is 378 g/mol. The van der Waals surface area contributed by atoms with Gasteiger partial charge < -0.3 is 4.74 Å². The first-order valence-corrected chi connectivity index (χ1v) is 10.3. The van der Waals surface area contributed by atoms with Gasteiger partial charge in [0.2, 0.25) is 0 Å². The van der Waals surface area contributed by atoms with Crippen LogP contribution in [0.4, 0.5) is 10.5 Å². The minimum absolute atomic E-state index is 0.0834. The Kier molecular flexibility index (Phi) is 6.25. The van der Waals surface area contributed by atoms with E-state index in [1.807, 2.05) is 63.2 Å². The number of ether oxygens (including phenoxy) is 1. The van der Waals surface area contributed by atoms with Crippen LogP contribution in [-0.4, -0.2) is 28.3 Å². The molecule has 0 saturated carbocycles. The number of amides is 1. The van der Waals surface area contributed by atoms with Gasteiger partial charge in [0.1, 0.15) is 11.4 Å². The van der Waals surface area contributed by atoms with Crippen molar-refractivity contribution in [2.24, 2.45) is 0 Å². The normalized spacial score (nSPS) is 11.5. The molecule has 158 valence electrons. The van der Waals surface area contributed by atoms with Crippen LogP contribution in [0.2, 0.25) is 0 Å². The molecule has 1 amide bonds. The number of carbonyl (C=O) groups is 1. The highest BCUT2D eigenvalue weighted by atomic mass is 16.6. The highest BCUT2D eigenvalue weighted by molar-refractivity contribution is 5.87. The molecule has 3 rings (SSSR count). The molecule has 0 radical (unpaired) electrons. The lowest BCUT2D eigenvalue weighted by molar-refractivity contribution is 0.0589. The van der Waals surface area contributed by atoms with E-state index in [2.05, 4.69) is 6.92 Å². The Hall–Kier alpha value is -3.15. The van der Waals surface area contributed by atoms with Crippen LogP contribution in [0.3, 0.4) is 0 Å². The Morgan fingerprint density at radius 3 is 2.40 bits per heavy atom. The topological polar surface area (TPSA) is 64.4 Å². The monoisotopic (exact) mass is 407 g/mol. The fourth-order valence-electron chi connectivity index (χ4n) is 3.21. The van der Waals surface area contributed by atoms with Gasteiger partial charge in [-0.3, -0.25) is 14.3 Å². The van der Waals surface area contributed by atoms with Gasteiger partial charge in [-0.1, -0.05) is 25.5 Å². The maximum Gasteiger partial charge on any atom is 0.414 e. The number of benzene rings is 2. The molecule has 1 heterocycles. The van der Waals surface area contributed by atoms with Gasteiger partial charge in [-0.25, -0.2) is 9.78 Å². The van der Waals surface area contributed by atoms with E-state index in [4.69, 9.17) is 9.72 Å². The molecule has 0 spiro atoms. The van der Waals surface area contributed by atoms with E-state index in [1.54, 1.807) is 17.7 Å². The SMILES string of the molecule is CCCCc1nc2ccccc2c(=O)n1-c1ccc(N(C)C(=O)OC(C)(C)C)cc1. The molecule has 6 heteroatoms. The molecule has 0 aliphatic carbocycles. The number of para-hydroxylation sites is 1. The van der Waals surface area contributed by atoms with Crippen LogP contribution in [0.15, 0.2) is 53.3 Å². The van der Waals surface area contributed by atoms with Crippen molar-refractivity contribution in [1.82, 2.24) is 9.55 Å². The summed E-state index contributed by atoms with van der Waals surface area (Å²) in [4.78, 5) is 31.8. The third-order valence-electron chi connectivity index (χ3n) is 4.76. The predicted molar refractivity (Wildman–Crippen MR) is 121 cm³/mol. The minimum atomic E-state index is -0.566. The van der Waals surface area contributed by atoms with Gasteiger partial charge in [0.25, 0.3) is 5.56 Å².